The summed E-state index contributed by atoms with van der Waals surface area (Å²) in [4.78, 5) is 2.59. The van der Waals surface area contributed by atoms with Gasteiger partial charge >= 0.3 is 0 Å². The molecule has 2 aromatic rings. The van der Waals surface area contributed by atoms with Gasteiger partial charge in [0.05, 0.1) is 0 Å². The van der Waals surface area contributed by atoms with E-state index in [1.165, 1.54) is 30.6 Å². The molecule has 0 aromatic heterocycles. The lowest BCUT2D eigenvalue weighted by Crippen LogP contribution is -2.36. The van der Waals surface area contributed by atoms with Crippen molar-refractivity contribution in [2.75, 3.05) is 13.1 Å². The van der Waals surface area contributed by atoms with E-state index in [0.717, 1.165) is 12.5 Å². The third-order valence-electron chi connectivity index (χ3n) is 5.08. The van der Waals surface area contributed by atoms with Gasteiger partial charge in [-0.25, -0.2) is 0 Å². The van der Waals surface area contributed by atoms with Gasteiger partial charge in [-0.1, -0.05) is 60.7 Å². The first-order valence-corrected chi connectivity index (χ1v) is 8.79. The van der Waals surface area contributed by atoms with Crippen LogP contribution in [-0.2, 0) is 6.54 Å². The Balaban J connectivity index is 1.50. The molecule has 1 aliphatic rings. The van der Waals surface area contributed by atoms with Crippen LogP contribution in [0.2, 0.25) is 0 Å². The quantitative estimate of drug-likeness (QED) is 0.858. The Hall–Kier alpha value is -1.64. The average Bonchev–Trinajstić information content (AvgIpc) is 3.05. The lowest BCUT2D eigenvalue weighted by molar-refractivity contribution is 0.290. The molecule has 23 heavy (non-hydrogen) atoms. The van der Waals surface area contributed by atoms with Crippen LogP contribution in [0.4, 0.5) is 0 Å². The van der Waals surface area contributed by atoms with E-state index in [2.05, 4.69) is 84.7 Å². The van der Waals surface area contributed by atoms with Gasteiger partial charge in [-0.15, -0.1) is 0 Å². The summed E-state index contributed by atoms with van der Waals surface area (Å²) in [7, 11) is 0. The Bertz CT molecular complexity index is 581. The zero-order chi connectivity index (χ0) is 16.1. The van der Waals surface area contributed by atoms with Crippen molar-refractivity contribution in [1.29, 1.82) is 0 Å². The number of benzene rings is 2. The molecule has 0 amide bonds. The molecule has 1 fully saturated rings. The molecule has 2 aromatic carbocycles. The maximum Gasteiger partial charge on any atom is 0.0294 e. The zero-order valence-electron chi connectivity index (χ0n) is 14.3. The van der Waals surface area contributed by atoms with Gasteiger partial charge in [0.25, 0.3) is 0 Å². The van der Waals surface area contributed by atoms with Crippen molar-refractivity contribution in [1.82, 2.24) is 10.2 Å². The van der Waals surface area contributed by atoms with Crippen molar-refractivity contribution in [3.8, 4) is 0 Å². The topological polar surface area (TPSA) is 15.3 Å². The number of hydrogen-bond donors (Lipinski definition) is 1. The fourth-order valence-corrected chi connectivity index (χ4v) is 3.62. The van der Waals surface area contributed by atoms with Crippen LogP contribution in [-0.4, -0.2) is 24.0 Å². The molecule has 0 unspecified atom stereocenters. The molecule has 1 saturated heterocycles. The SMILES string of the molecule is C[C@H](N[C@H](C)[C@@H]1CCN(Cc2ccccc2)C1)c1ccccc1. The van der Waals surface area contributed by atoms with Gasteiger partial charge in [0, 0.05) is 25.2 Å². The summed E-state index contributed by atoms with van der Waals surface area (Å²) in [5.41, 5.74) is 2.80. The highest BCUT2D eigenvalue weighted by Gasteiger charge is 2.27. The minimum Gasteiger partial charge on any atom is -0.307 e. The molecule has 0 bridgehead atoms. The minimum atomic E-state index is 0.411. The first-order valence-electron chi connectivity index (χ1n) is 8.79. The molecule has 0 aliphatic carbocycles. The van der Waals surface area contributed by atoms with Crippen molar-refractivity contribution in [2.24, 2.45) is 5.92 Å². The molecule has 3 atom stereocenters. The number of rotatable bonds is 6. The first kappa shape index (κ1) is 16.2. The second-order valence-corrected chi connectivity index (χ2v) is 6.86. The van der Waals surface area contributed by atoms with Crippen LogP contribution in [0.25, 0.3) is 0 Å². The number of nitrogens with one attached hydrogen (secondary N) is 1. The number of nitrogens with zero attached hydrogens (tertiary/aromatic N) is 1. The first-order chi connectivity index (χ1) is 11.2. The van der Waals surface area contributed by atoms with E-state index in [1.54, 1.807) is 0 Å². The van der Waals surface area contributed by atoms with Crippen LogP contribution in [0.1, 0.15) is 37.4 Å². The Morgan fingerprint density at radius 1 is 1.00 bits per heavy atom. The van der Waals surface area contributed by atoms with Gasteiger partial charge in [-0.05, 0) is 43.9 Å². The molecule has 2 heteroatoms. The predicted octanol–water partition coefficient (Wildman–Crippen LogP) is 4.25. The predicted molar refractivity (Wildman–Crippen MR) is 97.3 cm³/mol. The normalized spacial score (nSPS) is 21.2. The van der Waals surface area contributed by atoms with Gasteiger partial charge in [0.1, 0.15) is 0 Å². The van der Waals surface area contributed by atoms with E-state index in [1.807, 2.05) is 0 Å². The molecule has 1 aliphatic heterocycles. The van der Waals surface area contributed by atoms with Gasteiger partial charge in [0.15, 0.2) is 0 Å². The monoisotopic (exact) mass is 308 g/mol. The Labute approximate surface area is 140 Å². The smallest absolute Gasteiger partial charge is 0.0294 e. The van der Waals surface area contributed by atoms with Crippen LogP contribution in [0.5, 0.6) is 0 Å². The van der Waals surface area contributed by atoms with Crippen molar-refractivity contribution in [3.05, 3.63) is 71.8 Å². The second kappa shape index (κ2) is 7.76. The van der Waals surface area contributed by atoms with Crippen LogP contribution in [0.15, 0.2) is 60.7 Å². The number of likely N-dealkylation sites (tertiary alicyclic amines) is 1. The van der Waals surface area contributed by atoms with Crippen LogP contribution >= 0.6 is 0 Å². The second-order valence-electron chi connectivity index (χ2n) is 6.86. The highest BCUT2D eigenvalue weighted by molar-refractivity contribution is 5.18. The molecule has 0 saturated carbocycles. The summed E-state index contributed by atoms with van der Waals surface area (Å²) in [5, 5.41) is 3.80. The lowest BCUT2D eigenvalue weighted by atomic mass is 9.98. The molecule has 1 N–H and O–H groups in total. The Morgan fingerprint density at radius 3 is 2.35 bits per heavy atom. The molecule has 122 valence electrons. The standard InChI is InChI=1S/C21H28N2/c1-17(20-11-7-4-8-12-20)22-18(2)21-13-14-23(16-21)15-19-9-5-3-6-10-19/h3-12,17-18,21-22H,13-16H2,1-2H3/t17-,18+,21+/m0/s1. The summed E-state index contributed by atoms with van der Waals surface area (Å²) in [6.07, 6.45) is 1.29. The summed E-state index contributed by atoms with van der Waals surface area (Å²) >= 11 is 0. The molecular formula is C21H28N2. The average molecular weight is 308 g/mol. The maximum atomic E-state index is 3.80. The summed E-state index contributed by atoms with van der Waals surface area (Å²) in [6.45, 7) is 8.10. The summed E-state index contributed by atoms with van der Waals surface area (Å²) in [5.74, 6) is 0.741. The largest absolute Gasteiger partial charge is 0.307 e. The lowest BCUT2D eigenvalue weighted by Gasteiger charge is -2.25. The molecule has 3 rings (SSSR count). The number of hydrogen-bond acceptors (Lipinski definition) is 2. The molecule has 0 radical (unpaired) electrons. The van der Waals surface area contributed by atoms with Gasteiger partial charge in [0.2, 0.25) is 0 Å². The van der Waals surface area contributed by atoms with Crippen LogP contribution < -0.4 is 5.32 Å². The third-order valence-corrected chi connectivity index (χ3v) is 5.08. The molecule has 0 spiro atoms. The maximum absolute atomic E-state index is 3.80. The highest BCUT2D eigenvalue weighted by atomic mass is 15.2. The van der Waals surface area contributed by atoms with Crippen LogP contribution in [0, 0.1) is 5.92 Å². The van der Waals surface area contributed by atoms with Gasteiger partial charge in [-0.2, -0.15) is 0 Å². The highest BCUT2D eigenvalue weighted by Crippen LogP contribution is 2.23. The zero-order valence-corrected chi connectivity index (χ0v) is 14.3. The Kier molecular flexibility index (Phi) is 5.47. The van der Waals surface area contributed by atoms with Crippen LogP contribution in [0.3, 0.4) is 0 Å². The molecule has 1 heterocycles. The van der Waals surface area contributed by atoms with E-state index in [9.17, 15) is 0 Å². The van der Waals surface area contributed by atoms with E-state index in [4.69, 9.17) is 0 Å². The fourth-order valence-electron chi connectivity index (χ4n) is 3.62. The van der Waals surface area contributed by atoms with Crippen molar-refractivity contribution >= 4 is 0 Å². The van der Waals surface area contributed by atoms with E-state index in [0.29, 0.717) is 12.1 Å². The molecule has 2 nitrogen and oxygen atoms in total. The van der Waals surface area contributed by atoms with Gasteiger partial charge in [-0.3, -0.25) is 4.90 Å². The van der Waals surface area contributed by atoms with E-state index in [-0.39, 0.29) is 0 Å². The van der Waals surface area contributed by atoms with E-state index < -0.39 is 0 Å². The van der Waals surface area contributed by atoms with Crippen molar-refractivity contribution in [2.45, 2.75) is 38.9 Å². The fraction of sp³-hybridized carbons (Fsp3) is 0.429. The Morgan fingerprint density at radius 2 is 1.65 bits per heavy atom. The van der Waals surface area contributed by atoms with E-state index >= 15 is 0 Å². The molecular weight excluding hydrogens is 280 g/mol. The minimum absolute atomic E-state index is 0.411. The van der Waals surface area contributed by atoms with Crippen molar-refractivity contribution < 1.29 is 0 Å². The van der Waals surface area contributed by atoms with Gasteiger partial charge < -0.3 is 5.32 Å². The summed E-state index contributed by atoms with van der Waals surface area (Å²) < 4.78 is 0. The van der Waals surface area contributed by atoms with Crippen molar-refractivity contribution in [3.63, 3.8) is 0 Å². The third kappa shape index (κ3) is 4.43. The summed E-state index contributed by atoms with van der Waals surface area (Å²) in [6, 6.07) is 22.5.